The van der Waals surface area contributed by atoms with E-state index in [2.05, 4.69) is 262 Å². The Kier molecular flexibility index (Phi) is 23.9. The van der Waals surface area contributed by atoms with Crippen molar-refractivity contribution in [2.24, 2.45) is 0 Å². The molecular formula is C76H99N5. The Bertz CT molecular complexity index is 3040. The molecule has 0 atom stereocenters. The highest BCUT2D eigenvalue weighted by molar-refractivity contribution is 5.88. The average Bonchev–Trinajstić information content (AvgIpc) is 3.53. The van der Waals surface area contributed by atoms with Gasteiger partial charge in [0.15, 0.2) is 0 Å². The van der Waals surface area contributed by atoms with E-state index < -0.39 is 0 Å². The van der Waals surface area contributed by atoms with Gasteiger partial charge in [-0.3, -0.25) is 24.9 Å². The maximum absolute atomic E-state index is 4.72. The Labute approximate surface area is 490 Å². The van der Waals surface area contributed by atoms with Crippen molar-refractivity contribution >= 4 is 54.3 Å². The van der Waals surface area contributed by atoms with E-state index in [0.29, 0.717) is 59.2 Å². The van der Waals surface area contributed by atoms with Crippen LogP contribution in [0.5, 0.6) is 0 Å². The van der Waals surface area contributed by atoms with Crippen LogP contribution >= 0.6 is 0 Å². The molecule has 0 aliphatic rings. The summed E-state index contributed by atoms with van der Waals surface area (Å²) in [6.07, 6.45) is 11.4. The zero-order chi connectivity index (χ0) is 58.5. The second kappa shape index (κ2) is 29.7. The van der Waals surface area contributed by atoms with Gasteiger partial charge in [-0.15, -0.1) is 0 Å². The predicted molar refractivity (Wildman–Crippen MR) is 356 cm³/mol. The summed E-state index contributed by atoms with van der Waals surface area (Å²) in [6, 6.07) is 41.6. The zero-order valence-corrected chi connectivity index (χ0v) is 52.4. The van der Waals surface area contributed by atoms with Crippen LogP contribution < -0.4 is 0 Å². The molecule has 5 heterocycles. The third-order valence-corrected chi connectivity index (χ3v) is 15.3. The van der Waals surface area contributed by atoms with E-state index in [9.17, 15) is 0 Å². The number of rotatable bonds is 10. The fourth-order valence-corrected chi connectivity index (χ4v) is 10.2. The fraction of sp³-hybridized carbons (Fsp3) is 0.408. The van der Waals surface area contributed by atoms with Crippen LogP contribution in [0.1, 0.15) is 261 Å². The molecule has 0 saturated carbocycles. The van der Waals surface area contributed by atoms with Crippen LogP contribution in [-0.2, 0) is 0 Å². The maximum Gasteiger partial charge on any atom is 0.0736 e. The van der Waals surface area contributed by atoms with Gasteiger partial charge < -0.3 is 0 Å². The van der Waals surface area contributed by atoms with Crippen LogP contribution in [0.15, 0.2) is 152 Å². The monoisotopic (exact) mass is 1080 g/mol. The average molecular weight is 1080 g/mol. The van der Waals surface area contributed by atoms with Crippen LogP contribution in [-0.4, -0.2) is 24.9 Å². The first-order valence-corrected chi connectivity index (χ1v) is 29.9. The van der Waals surface area contributed by atoms with Gasteiger partial charge in [-0.1, -0.05) is 207 Å². The third-order valence-electron chi connectivity index (χ3n) is 15.3. The summed E-state index contributed by atoms with van der Waals surface area (Å²) < 4.78 is 0. The van der Waals surface area contributed by atoms with Gasteiger partial charge in [-0.05, 0) is 175 Å². The largest absolute Gasteiger partial charge is 0.264 e. The summed E-state index contributed by atoms with van der Waals surface area (Å²) in [4.78, 5) is 22.1. The molecule has 81 heavy (non-hydrogen) atoms. The van der Waals surface area contributed by atoms with Crippen molar-refractivity contribution in [3.05, 3.63) is 208 Å². The van der Waals surface area contributed by atoms with E-state index in [1.165, 1.54) is 93.5 Å². The van der Waals surface area contributed by atoms with E-state index in [-0.39, 0.29) is 7.43 Å². The van der Waals surface area contributed by atoms with Crippen LogP contribution in [0.4, 0.5) is 0 Å². The van der Waals surface area contributed by atoms with Gasteiger partial charge in [-0.25, -0.2) is 0 Å². The first kappa shape index (κ1) is 65.0. The Morgan fingerprint density at radius 2 is 0.716 bits per heavy atom. The number of nitrogens with zero attached hydrogens (tertiary/aromatic N) is 5. The number of pyridine rings is 5. The summed E-state index contributed by atoms with van der Waals surface area (Å²) in [5.74, 6) is 5.49. The molecule has 10 aromatic rings. The lowest BCUT2D eigenvalue weighted by Gasteiger charge is -2.14. The molecular weight excluding hydrogens is 983 g/mol. The standard InChI is InChI=1S/5C15H19N.CH4/c1-10(2)12-7-13-9-16-6-5-14(13)15(8-12)11(3)4;1-10(2)13-7-12-5-6-16-9-15(12)14(8-13)11(3)4;1-10(2)12-8-14(11(3)4)13-6-5-7-16-15(13)9-12;1-10(2)13-8-12-6-5-7-16-15(12)14(9-13)11(3)4;1-10(2)13-9-15(11(3)4)16-14-8-6-5-7-12(13)14;/h5*5-11H,1-4H3;1H4. The van der Waals surface area contributed by atoms with Crippen molar-refractivity contribution in [2.45, 2.75) is 205 Å². The number of hydrogen-bond acceptors (Lipinski definition) is 5. The molecule has 10 rings (SSSR count). The molecule has 0 N–H and O–H groups in total. The summed E-state index contributed by atoms with van der Waals surface area (Å²) in [7, 11) is 0. The molecule has 5 heteroatoms. The molecule has 0 aliphatic carbocycles. The van der Waals surface area contributed by atoms with Gasteiger partial charge in [-0.2, -0.15) is 0 Å². The van der Waals surface area contributed by atoms with E-state index in [1.807, 2.05) is 49.3 Å². The highest BCUT2D eigenvalue weighted by Gasteiger charge is 2.15. The van der Waals surface area contributed by atoms with E-state index in [4.69, 9.17) is 4.98 Å². The third kappa shape index (κ3) is 16.9. The Hall–Kier alpha value is -6.85. The van der Waals surface area contributed by atoms with Crippen molar-refractivity contribution in [3.8, 4) is 0 Å². The van der Waals surface area contributed by atoms with Crippen LogP contribution in [0, 0.1) is 0 Å². The first-order valence-electron chi connectivity index (χ1n) is 29.9. The minimum Gasteiger partial charge on any atom is -0.264 e. The number of fused-ring (bicyclic) bond motifs is 5. The summed E-state index contributed by atoms with van der Waals surface area (Å²) in [5.41, 5.74) is 17.2. The highest BCUT2D eigenvalue weighted by atomic mass is 14.7. The van der Waals surface area contributed by atoms with E-state index >= 15 is 0 Å². The van der Waals surface area contributed by atoms with Gasteiger partial charge in [0.1, 0.15) is 0 Å². The van der Waals surface area contributed by atoms with Crippen molar-refractivity contribution in [1.82, 2.24) is 24.9 Å². The Balaban J connectivity index is 0.000000185. The smallest absolute Gasteiger partial charge is 0.0736 e. The molecule has 0 fully saturated rings. The van der Waals surface area contributed by atoms with Gasteiger partial charge >= 0.3 is 0 Å². The predicted octanol–water partition coefficient (Wildman–Crippen LogP) is 23.0. The van der Waals surface area contributed by atoms with E-state index in [0.717, 1.165) is 16.6 Å². The zero-order valence-electron chi connectivity index (χ0n) is 52.4. The molecule has 0 unspecified atom stereocenters. The van der Waals surface area contributed by atoms with Crippen molar-refractivity contribution in [1.29, 1.82) is 0 Å². The van der Waals surface area contributed by atoms with Gasteiger partial charge in [0, 0.05) is 69.8 Å². The molecule has 0 saturated heterocycles. The normalized spacial score (nSPS) is 11.5. The summed E-state index contributed by atoms with van der Waals surface area (Å²) >= 11 is 0. The first-order chi connectivity index (χ1) is 38.0. The SMILES string of the molecule is C.CC(C)c1cc(C(C)C)c2ccccc2n1.CC(C)c1cc(C(C)C)c2cccnc2c1.CC(C)c1cc(C(C)C)c2ccncc2c1.CC(C)c1cc(C(C)C)c2cnccc2c1.CC(C)c1cc(C(C)C)c2ncccc2c1. The molecule has 428 valence electrons. The molecule has 0 amide bonds. The van der Waals surface area contributed by atoms with Gasteiger partial charge in [0.25, 0.3) is 0 Å². The maximum atomic E-state index is 4.72. The molecule has 0 aliphatic heterocycles. The van der Waals surface area contributed by atoms with Gasteiger partial charge in [0.05, 0.1) is 16.6 Å². The lowest BCUT2D eigenvalue weighted by molar-refractivity contribution is 0.811. The fourth-order valence-electron chi connectivity index (χ4n) is 10.2. The minimum absolute atomic E-state index is 0. The van der Waals surface area contributed by atoms with Crippen LogP contribution in [0.2, 0.25) is 0 Å². The van der Waals surface area contributed by atoms with E-state index in [1.54, 1.807) is 0 Å². The van der Waals surface area contributed by atoms with Crippen molar-refractivity contribution in [2.75, 3.05) is 0 Å². The topological polar surface area (TPSA) is 64.5 Å². The molecule has 0 spiro atoms. The van der Waals surface area contributed by atoms with Gasteiger partial charge in [0.2, 0.25) is 0 Å². The summed E-state index contributed by atoms with van der Waals surface area (Å²) in [5, 5.41) is 9.06. The lowest BCUT2D eigenvalue weighted by atomic mass is 9.91. The lowest BCUT2D eigenvalue weighted by Crippen LogP contribution is -1.98. The molecule has 0 bridgehead atoms. The van der Waals surface area contributed by atoms with Crippen LogP contribution in [0.25, 0.3) is 54.3 Å². The number of hydrogen-bond donors (Lipinski definition) is 0. The second-order valence-corrected chi connectivity index (χ2v) is 25.0. The number of benzene rings is 5. The quantitative estimate of drug-likeness (QED) is 0.137. The second-order valence-electron chi connectivity index (χ2n) is 25.0. The molecule has 5 nitrogen and oxygen atoms in total. The van der Waals surface area contributed by atoms with Crippen molar-refractivity contribution < 1.29 is 0 Å². The number of aromatic nitrogens is 5. The summed E-state index contributed by atoms with van der Waals surface area (Å²) in [6.45, 7) is 44.7. The Morgan fingerprint density at radius 3 is 1.28 bits per heavy atom. The van der Waals surface area contributed by atoms with Crippen LogP contribution in [0.3, 0.4) is 0 Å². The highest BCUT2D eigenvalue weighted by Crippen LogP contribution is 2.34. The Morgan fingerprint density at radius 1 is 0.284 bits per heavy atom. The minimum atomic E-state index is 0. The van der Waals surface area contributed by atoms with Crippen molar-refractivity contribution in [3.63, 3.8) is 0 Å². The molecule has 5 aromatic carbocycles. The number of para-hydroxylation sites is 1. The molecule has 5 aromatic heterocycles. The molecule has 0 radical (unpaired) electrons.